The summed E-state index contributed by atoms with van der Waals surface area (Å²) in [6.45, 7) is 7.88. The fraction of sp³-hybridized carbons (Fsp3) is 0.750. The normalized spacial score (nSPS) is 26.0. The Labute approximate surface area is 148 Å². The summed E-state index contributed by atoms with van der Waals surface area (Å²) in [5, 5.41) is 7.38. The lowest BCUT2D eigenvalue weighted by Crippen LogP contribution is -2.73. The molecule has 25 heavy (non-hydrogen) atoms. The molecule has 142 valence electrons. The van der Waals surface area contributed by atoms with Gasteiger partial charge in [-0.15, -0.1) is 0 Å². The lowest BCUT2D eigenvalue weighted by molar-refractivity contribution is -0.145. The van der Waals surface area contributed by atoms with Gasteiger partial charge in [-0.1, -0.05) is 20.8 Å². The lowest BCUT2D eigenvalue weighted by Gasteiger charge is -2.44. The summed E-state index contributed by atoms with van der Waals surface area (Å²) in [4.78, 5) is 26.9. The number of rotatable bonds is 3. The van der Waals surface area contributed by atoms with Crippen LogP contribution in [0.4, 0.5) is 4.79 Å². The highest BCUT2D eigenvalue weighted by atomic mass is 16.5. The third-order valence-electron chi connectivity index (χ3n) is 5.10. The van der Waals surface area contributed by atoms with E-state index in [9.17, 15) is 9.59 Å². The van der Waals surface area contributed by atoms with E-state index in [1.165, 1.54) is 7.11 Å². The van der Waals surface area contributed by atoms with E-state index in [0.29, 0.717) is 6.54 Å². The van der Waals surface area contributed by atoms with Crippen molar-refractivity contribution in [2.45, 2.75) is 58.4 Å². The Morgan fingerprint density at radius 3 is 2.52 bits per heavy atom. The molecular formula is C16H30N6O3. The summed E-state index contributed by atoms with van der Waals surface area (Å²) in [7, 11) is 1.24. The molecule has 9 nitrogen and oxygen atoms in total. The average Bonchev–Trinajstić information content (AvgIpc) is 3.12. The molecule has 6 N–H and O–H groups in total. The van der Waals surface area contributed by atoms with Gasteiger partial charge < -0.3 is 20.7 Å². The second kappa shape index (κ2) is 6.72. The molecule has 3 atom stereocenters. The first-order valence-corrected chi connectivity index (χ1v) is 8.45. The molecule has 0 bridgehead atoms. The third-order valence-corrected chi connectivity index (χ3v) is 5.10. The molecule has 2 aliphatic heterocycles. The zero-order valence-corrected chi connectivity index (χ0v) is 15.6. The summed E-state index contributed by atoms with van der Waals surface area (Å²) in [5.74, 6) is 5.77. The molecule has 0 spiro atoms. The molecule has 2 aliphatic rings. The summed E-state index contributed by atoms with van der Waals surface area (Å²) in [6, 6.07) is -0.143. The number of hydrogen-bond acceptors (Lipinski definition) is 7. The number of methoxy groups -OCH3 is 1. The predicted octanol–water partition coefficient (Wildman–Crippen LogP) is 0.000800. The van der Waals surface area contributed by atoms with Crippen molar-refractivity contribution in [3.8, 4) is 0 Å². The van der Waals surface area contributed by atoms with Crippen LogP contribution >= 0.6 is 0 Å². The van der Waals surface area contributed by atoms with Crippen LogP contribution in [0.5, 0.6) is 0 Å². The van der Waals surface area contributed by atoms with Crippen molar-refractivity contribution in [1.29, 1.82) is 0 Å². The van der Waals surface area contributed by atoms with E-state index in [0.717, 1.165) is 18.5 Å². The third kappa shape index (κ3) is 3.38. The van der Waals surface area contributed by atoms with Gasteiger partial charge in [-0.25, -0.2) is 10.6 Å². The van der Waals surface area contributed by atoms with Crippen molar-refractivity contribution in [1.82, 2.24) is 20.5 Å². The number of alkyl carbamates (subject to hydrolysis) is 1. The van der Waals surface area contributed by atoms with Gasteiger partial charge in [0, 0.05) is 23.9 Å². The van der Waals surface area contributed by atoms with Crippen LogP contribution < -0.4 is 22.2 Å². The van der Waals surface area contributed by atoms with E-state index >= 15 is 0 Å². The van der Waals surface area contributed by atoms with Gasteiger partial charge in [0.05, 0.1) is 13.2 Å². The molecule has 1 fully saturated rings. The fourth-order valence-corrected chi connectivity index (χ4v) is 3.25. The number of nitrogens with zero attached hydrogens (tertiary/aromatic N) is 2. The van der Waals surface area contributed by atoms with Gasteiger partial charge in [-0.2, -0.15) is 0 Å². The van der Waals surface area contributed by atoms with E-state index in [-0.39, 0.29) is 18.1 Å². The van der Waals surface area contributed by atoms with Gasteiger partial charge in [0.2, 0.25) is 0 Å². The summed E-state index contributed by atoms with van der Waals surface area (Å²) < 4.78 is 4.66. The first kappa shape index (κ1) is 19.3. The minimum atomic E-state index is -1.59. The molecule has 1 saturated heterocycles. The molecule has 2 amide bonds. The van der Waals surface area contributed by atoms with Crippen molar-refractivity contribution >= 4 is 12.0 Å². The van der Waals surface area contributed by atoms with Crippen LogP contribution in [0.1, 0.15) is 40.5 Å². The van der Waals surface area contributed by atoms with Crippen LogP contribution in [-0.4, -0.2) is 53.4 Å². The Kier molecular flexibility index (Phi) is 5.19. The maximum Gasteiger partial charge on any atom is 0.408 e. The SMILES string of the molecule is COC(=O)N[C@](N)(C(=O)N1CCC[C@H]1C1NC=C(C)N1N)C(C)(C)C. The topological polar surface area (TPSA) is 126 Å². The Bertz CT molecular complexity index is 573. The minimum Gasteiger partial charge on any atom is -0.453 e. The van der Waals surface area contributed by atoms with Gasteiger partial charge in [0.15, 0.2) is 5.66 Å². The zero-order valence-electron chi connectivity index (χ0n) is 15.6. The van der Waals surface area contributed by atoms with Crippen molar-refractivity contribution in [3.05, 3.63) is 11.9 Å². The number of nitrogens with two attached hydrogens (primary N) is 2. The predicted molar refractivity (Wildman–Crippen MR) is 93.4 cm³/mol. The molecular weight excluding hydrogens is 324 g/mol. The second-order valence-corrected chi connectivity index (χ2v) is 7.69. The maximum atomic E-state index is 13.3. The van der Waals surface area contributed by atoms with Crippen molar-refractivity contribution in [2.75, 3.05) is 13.7 Å². The average molecular weight is 354 g/mol. The first-order valence-electron chi connectivity index (χ1n) is 8.45. The van der Waals surface area contributed by atoms with Crippen molar-refractivity contribution in [3.63, 3.8) is 0 Å². The Morgan fingerprint density at radius 1 is 1.40 bits per heavy atom. The Morgan fingerprint density at radius 2 is 2.04 bits per heavy atom. The highest BCUT2D eigenvalue weighted by molar-refractivity contribution is 5.90. The molecule has 1 unspecified atom stereocenters. The molecule has 9 heteroatoms. The van der Waals surface area contributed by atoms with E-state index in [4.69, 9.17) is 11.6 Å². The van der Waals surface area contributed by atoms with Crippen LogP contribution in [0.25, 0.3) is 0 Å². The highest BCUT2D eigenvalue weighted by Gasteiger charge is 2.52. The van der Waals surface area contributed by atoms with E-state index in [1.807, 2.05) is 13.1 Å². The summed E-state index contributed by atoms with van der Waals surface area (Å²) in [6.07, 6.45) is 2.53. The van der Waals surface area contributed by atoms with Gasteiger partial charge in [-0.3, -0.25) is 15.1 Å². The van der Waals surface area contributed by atoms with Crippen LogP contribution in [-0.2, 0) is 9.53 Å². The number of amides is 2. The van der Waals surface area contributed by atoms with Crippen LogP contribution in [0.2, 0.25) is 0 Å². The van der Waals surface area contributed by atoms with Crippen LogP contribution in [0.3, 0.4) is 0 Å². The number of hydrazine groups is 1. The quantitative estimate of drug-likeness (QED) is 0.415. The standard InChI is InChI=1S/C16H30N6O3/c1-10-9-19-12(22(10)18)11-7-6-8-21(11)13(23)16(17,15(2,3)4)20-14(24)25-5/h9,11-12,19H,6-8,17-18H2,1-5H3,(H,20,24)/t11-,12?,16+/m0/s1. The molecule has 2 rings (SSSR count). The number of carbonyl (C=O) groups excluding carboxylic acids is 2. The van der Waals surface area contributed by atoms with E-state index in [2.05, 4.69) is 15.4 Å². The molecule has 0 aliphatic carbocycles. The number of likely N-dealkylation sites (tertiary alicyclic amines) is 1. The van der Waals surface area contributed by atoms with Crippen molar-refractivity contribution < 1.29 is 14.3 Å². The molecule has 0 aromatic rings. The highest BCUT2D eigenvalue weighted by Crippen LogP contribution is 2.32. The van der Waals surface area contributed by atoms with Crippen molar-refractivity contribution in [2.24, 2.45) is 17.0 Å². The van der Waals surface area contributed by atoms with Crippen LogP contribution in [0.15, 0.2) is 11.9 Å². The largest absolute Gasteiger partial charge is 0.453 e. The lowest BCUT2D eigenvalue weighted by atomic mass is 9.79. The summed E-state index contributed by atoms with van der Waals surface area (Å²) in [5.41, 5.74) is 5.00. The van der Waals surface area contributed by atoms with Gasteiger partial charge in [0.1, 0.15) is 6.17 Å². The molecule has 0 aromatic heterocycles. The molecule has 0 saturated carbocycles. The smallest absolute Gasteiger partial charge is 0.408 e. The van der Waals surface area contributed by atoms with Gasteiger partial charge >= 0.3 is 6.09 Å². The Hall–Kier alpha value is -2.00. The van der Waals surface area contributed by atoms with E-state index < -0.39 is 17.2 Å². The number of nitrogens with one attached hydrogen (secondary N) is 2. The fourth-order valence-electron chi connectivity index (χ4n) is 3.25. The second-order valence-electron chi connectivity index (χ2n) is 7.69. The molecule has 0 radical (unpaired) electrons. The summed E-state index contributed by atoms with van der Waals surface area (Å²) >= 11 is 0. The maximum absolute atomic E-state index is 13.3. The zero-order chi connectivity index (χ0) is 19.0. The first-order chi connectivity index (χ1) is 11.5. The molecule has 0 aromatic carbocycles. The number of ether oxygens (including phenoxy) is 1. The van der Waals surface area contributed by atoms with E-state index in [1.54, 1.807) is 30.7 Å². The monoisotopic (exact) mass is 354 g/mol. The number of carbonyl (C=O) groups is 2. The molecule has 2 heterocycles. The minimum absolute atomic E-state index is 0.143. The van der Waals surface area contributed by atoms with Gasteiger partial charge in [0.25, 0.3) is 5.91 Å². The number of hydrogen-bond donors (Lipinski definition) is 4. The van der Waals surface area contributed by atoms with Crippen LogP contribution in [0, 0.1) is 5.41 Å². The number of allylic oxidation sites excluding steroid dienone is 1. The van der Waals surface area contributed by atoms with Gasteiger partial charge in [-0.05, 0) is 19.8 Å². The Balaban J connectivity index is 2.27.